The average molecular weight is 912 g/mol. The lowest BCUT2D eigenvalue weighted by molar-refractivity contribution is -0.144. The lowest BCUT2D eigenvalue weighted by Gasteiger charge is -2.40. The molecule has 18 heteroatoms. The molecule has 0 rings (SSSR count). The van der Waals surface area contributed by atoms with Crippen LogP contribution in [-0.2, 0) is 54.4 Å². The van der Waals surface area contributed by atoms with E-state index in [2.05, 4.69) is 51.7 Å². The minimum absolute atomic E-state index is 0.171. The van der Waals surface area contributed by atoms with Gasteiger partial charge in [-0.05, 0) is 67.9 Å². The van der Waals surface area contributed by atoms with Crippen molar-refractivity contribution in [2.24, 2.45) is 0 Å². The molecule has 0 aromatic rings. The lowest BCUT2D eigenvalue weighted by atomic mass is 9.96. The van der Waals surface area contributed by atoms with E-state index < -0.39 is 26.2 Å². The van der Waals surface area contributed by atoms with Crippen LogP contribution in [0.3, 0.4) is 0 Å². The second-order valence-corrected chi connectivity index (χ2v) is 25.0. The number of hydrogen-bond acceptors (Lipinski definition) is 15. The largest absolute Gasteiger partial charge is 0.500 e. The van der Waals surface area contributed by atoms with Crippen molar-refractivity contribution in [2.75, 3.05) is 80.2 Å². The summed E-state index contributed by atoms with van der Waals surface area (Å²) in [7, 11) is 3.49. The first kappa shape index (κ1) is 56.8. The maximum atomic E-state index is 12.3. The molecule has 0 aliphatic rings. The van der Waals surface area contributed by atoms with Gasteiger partial charge in [0.1, 0.15) is 6.61 Å². The molecule has 12 nitrogen and oxygen atoms in total. The zero-order valence-corrected chi connectivity index (χ0v) is 42.2. The van der Waals surface area contributed by atoms with Gasteiger partial charge in [0.25, 0.3) is 0 Å². The molecule has 336 valence electrons. The SMILES string of the molecule is CCCCC(OC)C(CC(O[Si](CC)(CCCS)OC)C(CCCCCCCCC(=O)OCCO[Si](CCCS)(OC)OC)OC)O[Si](CCCS)(OC)OC. The van der Waals surface area contributed by atoms with Crippen molar-refractivity contribution in [1.29, 1.82) is 0 Å². The highest BCUT2D eigenvalue weighted by atomic mass is 32.1. The minimum Gasteiger partial charge on any atom is -0.463 e. The summed E-state index contributed by atoms with van der Waals surface area (Å²) in [5.41, 5.74) is 0. The van der Waals surface area contributed by atoms with Crippen molar-refractivity contribution in [3.63, 3.8) is 0 Å². The van der Waals surface area contributed by atoms with Crippen LogP contribution in [0.2, 0.25) is 24.2 Å². The molecule has 0 saturated heterocycles. The molecule has 0 spiro atoms. The highest BCUT2D eigenvalue weighted by Gasteiger charge is 2.46. The molecule has 0 amide bonds. The van der Waals surface area contributed by atoms with E-state index in [1.165, 1.54) is 0 Å². The molecule has 5 unspecified atom stereocenters. The molecular formula is C38H82O12S3Si3. The van der Waals surface area contributed by atoms with E-state index in [-0.39, 0.29) is 43.6 Å². The third-order valence-electron chi connectivity index (χ3n) is 10.4. The van der Waals surface area contributed by atoms with Crippen LogP contribution in [0.1, 0.15) is 110 Å². The van der Waals surface area contributed by atoms with Crippen LogP contribution in [0.25, 0.3) is 0 Å². The topological polar surface area (TPSA) is 119 Å². The Labute approximate surface area is 361 Å². The summed E-state index contributed by atoms with van der Waals surface area (Å²) in [5, 5.41) is 0. The molecule has 0 aliphatic carbocycles. The fourth-order valence-corrected chi connectivity index (χ4v) is 15.1. The summed E-state index contributed by atoms with van der Waals surface area (Å²) < 4.78 is 67.2. The highest BCUT2D eigenvalue weighted by Crippen LogP contribution is 2.32. The number of ether oxygens (including phenoxy) is 3. The quantitative estimate of drug-likeness (QED) is 0.0236. The normalized spacial score (nSPS) is 15.7. The van der Waals surface area contributed by atoms with Gasteiger partial charge in [0, 0.05) is 74.7 Å². The molecule has 0 radical (unpaired) electrons. The highest BCUT2D eigenvalue weighted by molar-refractivity contribution is 7.80. The standard InChI is InChI=1S/C38H82O12S3Si3/c1-10-12-22-34(40-3)37(50-56(45-8,46-9)32-21-29-53)33-36(49-54(11-2,42-5)30-19-27-51)35(41-4)23-17-15-13-14-16-18-24-38(39)47-25-26-48-55(43-6,44-7)31-20-28-52/h34-37,51-53H,10-33H2,1-9H3. The van der Waals surface area contributed by atoms with E-state index in [1.54, 1.807) is 49.8 Å². The second kappa shape index (κ2) is 35.4. The summed E-state index contributed by atoms with van der Waals surface area (Å²) in [5.74, 6) is 2.01. The van der Waals surface area contributed by atoms with Crippen molar-refractivity contribution in [3.05, 3.63) is 0 Å². The molecule has 0 heterocycles. The van der Waals surface area contributed by atoms with Crippen molar-refractivity contribution in [2.45, 2.75) is 159 Å². The monoisotopic (exact) mass is 910 g/mol. The van der Waals surface area contributed by atoms with E-state index in [4.69, 9.17) is 49.6 Å². The Bertz CT molecular complexity index is 925. The van der Waals surface area contributed by atoms with Gasteiger partial charge in [0.15, 0.2) is 0 Å². The predicted octanol–water partition coefficient (Wildman–Crippen LogP) is 8.58. The van der Waals surface area contributed by atoms with Gasteiger partial charge in [-0.1, -0.05) is 58.8 Å². The first-order valence-electron chi connectivity index (χ1n) is 20.8. The van der Waals surface area contributed by atoms with Gasteiger partial charge in [-0.2, -0.15) is 37.9 Å². The zero-order chi connectivity index (χ0) is 42.1. The number of esters is 1. The Morgan fingerprint density at radius 3 is 1.54 bits per heavy atom. The summed E-state index contributed by atoms with van der Waals surface area (Å²) in [6, 6.07) is 3.01. The van der Waals surface area contributed by atoms with Crippen molar-refractivity contribution in [1.82, 2.24) is 0 Å². The number of unbranched alkanes of at least 4 members (excludes halogenated alkanes) is 6. The number of carbonyl (C=O) groups is 1. The molecule has 0 aromatic heterocycles. The van der Waals surface area contributed by atoms with Crippen molar-refractivity contribution < 1.29 is 54.4 Å². The van der Waals surface area contributed by atoms with Crippen LogP contribution in [0.15, 0.2) is 0 Å². The van der Waals surface area contributed by atoms with E-state index in [1.807, 2.05) is 0 Å². The van der Waals surface area contributed by atoms with Crippen LogP contribution in [0, 0.1) is 0 Å². The Morgan fingerprint density at radius 1 is 0.536 bits per heavy atom. The van der Waals surface area contributed by atoms with Crippen LogP contribution in [0.4, 0.5) is 0 Å². The van der Waals surface area contributed by atoms with E-state index in [9.17, 15) is 4.79 Å². The summed E-state index contributed by atoms with van der Waals surface area (Å²) in [6.45, 7) is 4.77. The Morgan fingerprint density at radius 2 is 1.04 bits per heavy atom. The maximum Gasteiger partial charge on any atom is 0.500 e. The third-order valence-corrected chi connectivity index (χ3v) is 20.7. The molecule has 0 aromatic carbocycles. The second-order valence-electron chi connectivity index (χ2n) is 14.1. The van der Waals surface area contributed by atoms with Crippen LogP contribution in [0.5, 0.6) is 0 Å². The first-order valence-corrected chi connectivity index (χ1v) is 28.8. The summed E-state index contributed by atoms with van der Waals surface area (Å²) in [4.78, 5) is 12.3. The number of rotatable bonds is 41. The molecule has 0 N–H and O–H groups in total. The Hall–Kier alpha value is 0.771. The van der Waals surface area contributed by atoms with Crippen molar-refractivity contribution >= 4 is 70.0 Å². The van der Waals surface area contributed by atoms with E-state index in [0.717, 1.165) is 107 Å². The molecule has 0 saturated carbocycles. The predicted molar refractivity (Wildman–Crippen MR) is 242 cm³/mol. The number of carbonyl (C=O) groups excluding carboxylic acids is 1. The van der Waals surface area contributed by atoms with E-state index >= 15 is 0 Å². The maximum absolute atomic E-state index is 12.3. The minimum atomic E-state index is -3.03. The number of methoxy groups -OCH3 is 2. The fourth-order valence-electron chi connectivity index (χ4n) is 6.82. The first-order chi connectivity index (χ1) is 27.1. The fraction of sp³-hybridized carbons (Fsp3) is 0.974. The van der Waals surface area contributed by atoms with Crippen LogP contribution < -0.4 is 0 Å². The number of thiol groups is 3. The summed E-state index contributed by atoms with van der Waals surface area (Å²) >= 11 is 13.2. The molecule has 56 heavy (non-hydrogen) atoms. The number of hydrogen-bond donors (Lipinski definition) is 3. The molecular weight excluding hydrogens is 829 g/mol. The van der Waals surface area contributed by atoms with Gasteiger partial charge < -0.3 is 49.6 Å². The Kier molecular flexibility index (Phi) is 35.9. The van der Waals surface area contributed by atoms with Crippen molar-refractivity contribution in [3.8, 4) is 0 Å². The zero-order valence-electron chi connectivity index (χ0n) is 36.5. The summed E-state index contributed by atoms with van der Waals surface area (Å²) in [6.07, 6.45) is 12.2. The van der Waals surface area contributed by atoms with E-state index in [0.29, 0.717) is 30.7 Å². The van der Waals surface area contributed by atoms with Gasteiger partial charge in [-0.15, -0.1) is 0 Å². The van der Waals surface area contributed by atoms with Gasteiger partial charge in [0.2, 0.25) is 0 Å². The molecule has 0 aliphatic heterocycles. The molecule has 0 bridgehead atoms. The smallest absolute Gasteiger partial charge is 0.463 e. The van der Waals surface area contributed by atoms with Crippen LogP contribution in [-0.4, -0.2) is 137 Å². The van der Waals surface area contributed by atoms with Gasteiger partial charge in [-0.25, -0.2) is 0 Å². The van der Waals surface area contributed by atoms with Gasteiger partial charge in [-0.3, -0.25) is 4.79 Å². The molecule has 0 fully saturated rings. The third kappa shape index (κ3) is 23.1. The molecule has 5 atom stereocenters. The Balaban J connectivity index is 5.54. The van der Waals surface area contributed by atoms with Gasteiger partial charge in [0.05, 0.1) is 31.0 Å². The van der Waals surface area contributed by atoms with Gasteiger partial charge >= 0.3 is 32.1 Å². The lowest BCUT2D eigenvalue weighted by Crippen LogP contribution is -2.53. The average Bonchev–Trinajstić information content (AvgIpc) is 3.23. The van der Waals surface area contributed by atoms with Crippen LogP contribution >= 0.6 is 37.9 Å².